The highest BCUT2D eigenvalue weighted by Crippen LogP contribution is 2.21. The Kier molecular flexibility index (Phi) is 5.79. The van der Waals surface area contributed by atoms with Gasteiger partial charge in [0, 0.05) is 19.3 Å². The molecule has 1 saturated heterocycles. The number of hydrogen-bond acceptors (Lipinski definition) is 4. The fraction of sp³-hybridized carbons (Fsp3) is 0.857. The zero-order valence-electron chi connectivity index (χ0n) is 12.3. The van der Waals surface area contributed by atoms with Gasteiger partial charge in [-0.05, 0) is 5.41 Å². The molecule has 1 aliphatic rings. The zero-order chi connectivity index (χ0) is 14.5. The number of ether oxygens (including phenoxy) is 2. The van der Waals surface area contributed by atoms with Gasteiger partial charge in [-0.2, -0.15) is 0 Å². The van der Waals surface area contributed by atoms with E-state index in [9.17, 15) is 9.59 Å². The van der Waals surface area contributed by atoms with Crippen LogP contribution in [0.25, 0.3) is 0 Å². The van der Waals surface area contributed by atoms with Gasteiger partial charge in [0.2, 0.25) is 0 Å². The predicted octanol–water partition coefficient (Wildman–Crippen LogP) is 2.29. The highest BCUT2D eigenvalue weighted by Gasteiger charge is 2.32. The fourth-order valence-corrected chi connectivity index (χ4v) is 2.08. The summed E-state index contributed by atoms with van der Waals surface area (Å²) >= 11 is 0. The van der Waals surface area contributed by atoms with Crippen molar-refractivity contribution in [3.05, 3.63) is 0 Å². The van der Waals surface area contributed by atoms with Crippen molar-refractivity contribution in [3.63, 3.8) is 0 Å². The number of hydrogen-bond donors (Lipinski definition) is 1. The molecule has 0 aromatic carbocycles. The third-order valence-corrected chi connectivity index (χ3v) is 3.24. The van der Waals surface area contributed by atoms with Crippen molar-refractivity contribution < 1.29 is 19.1 Å². The van der Waals surface area contributed by atoms with Gasteiger partial charge in [0.05, 0.1) is 19.3 Å². The molecule has 5 heteroatoms. The van der Waals surface area contributed by atoms with Crippen LogP contribution in [0, 0.1) is 5.41 Å². The van der Waals surface area contributed by atoms with Crippen LogP contribution in [0.3, 0.4) is 0 Å². The van der Waals surface area contributed by atoms with E-state index in [0.717, 1.165) is 12.8 Å². The van der Waals surface area contributed by atoms with Crippen LogP contribution in [0.4, 0.5) is 4.79 Å². The fourth-order valence-electron chi connectivity index (χ4n) is 2.08. The van der Waals surface area contributed by atoms with Gasteiger partial charge in [0.1, 0.15) is 6.10 Å². The summed E-state index contributed by atoms with van der Waals surface area (Å²) in [5.41, 5.74) is -0.318. The molecule has 0 spiro atoms. The van der Waals surface area contributed by atoms with Crippen molar-refractivity contribution in [1.82, 2.24) is 5.32 Å². The van der Waals surface area contributed by atoms with Crippen LogP contribution >= 0.6 is 0 Å². The van der Waals surface area contributed by atoms with E-state index in [4.69, 9.17) is 9.47 Å². The van der Waals surface area contributed by atoms with E-state index < -0.39 is 12.1 Å². The van der Waals surface area contributed by atoms with Crippen LogP contribution in [0.1, 0.15) is 47.0 Å². The number of rotatable bonds is 4. The quantitative estimate of drug-likeness (QED) is 0.852. The summed E-state index contributed by atoms with van der Waals surface area (Å²) in [6.07, 6.45) is 1.23. The van der Waals surface area contributed by atoms with Gasteiger partial charge in [-0.25, -0.2) is 4.79 Å². The van der Waals surface area contributed by atoms with Crippen molar-refractivity contribution in [2.45, 2.75) is 59.1 Å². The van der Waals surface area contributed by atoms with Crippen LogP contribution in [-0.4, -0.2) is 37.2 Å². The number of carbonyl (C=O) groups is 2. The molecule has 0 bridgehead atoms. The maximum atomic E-state index is 11.9. The minimum absolute atomic E-state index is 0.0245. The highest BCUT2D eigenvalue weighted by molar-refractivity contribution is 5.87. The number of alkyl carbamates (subject to hydrolysis) is 1. The van der Waals surface area contributed by atoms with Gasteiger partial charge in [0.15, 0.2) is 5.78 Å². The van der Waals surface area contributed by atoms with E-state index in [1.165, 1.54) is 0 Å². The Balaban J connectivity index is 2.53. The second-order valence-electron chi connectivity index (χ2n) is 5.98. The Morgan fingerprint density at radius 3 is 2.37 bits per heavy atom. The maximum absolute atomic E-state index is 11.9. The Hall–Kier alpha value is -1.10. The van der Waals surface area contributed by atoms with E-state index in [-0.39, 0.29) is 17.3 Å². The third kappa shape index (κ3) is 5.19. The summed E-state index contributed by atoms with van der Waals surface area (Å²) in [6.45, 7) is 8.83. The molecule has 1 N–H and O–H groups in total. The SMILES string of the molecule is CCC(=O)C(NC(=O)OC1CCOCC1)C(C)(C)C. The lowest BCUT2D eigenvalue weighted by Crippen LogP contribution is -2.49. The molecule has 1 rings (SSSR count). The number of Topliss-reactive ketones (excluding diaryl/α,β-unsaturated/α-hetero) is 1. The molecule has 0 aromatic rings. The average Bonchev–Trinajstić information content (AvgIpc) is 2.35. The van der Waals surface area contributed by atoms with Gasteiger partial charge in [-0.3, -0.25) is 4.79 Å². The molecule has 0 aliphatic carbocycles. The van der Waals surface area contributed by atoms with E-state index in [1.807, 2.05) is 20.8 Å². The molecule has 5 nitrogen and oxygen atoms in total. The predicted molar refractivity (Wildman–Crippen MR) is 72.0 cm³/mol. The van der Waals surface area contributed by atoms with Gasteiger partial charge >= 0.3 is 6.09 Å². The zero-order valence-corrected chi connectivity index (χ0v) is 12.3. The second kappa shape index (κ2) is 6.89. The Bertz CT molecular complexity index is 316. The Morgan fingerprint density at radius 2 is 1.89 bits per heavy atom. The van der Waals surface area contributed by atoms with Crippen LogP contribution in [0.15, 0.2) is 0 Å². The highest BCUT2D eigenvalue weighted by atomic mass is 16.6. The summed E-state index contributed by atoms with van der Waals surface area (Å²) in [5, 5.41) is 2.70. The molecular weight excluding hydrogens is 246 g/mol. The molecule has 1 unspecified atom stereocenters. The summed E-state index contributed by atoms with van der Waals surface area (Å²) in [5.74, 6) is 0.0245. The van der Waals surface area contributed by atoms with E-state index in [0.29, 0.717) is 19.6 Å². The van der Waals surface area contributed by atoms with Crippen LogP contribution in [0.2, 0.25) is 0 Å². The third-order valence-electron chi connectivity index (χ3n) is 3.24. The standard InChI is InChI=1S/C14H25NO4/c1-5-11(16)12(14(2,3)4)15-13(17)19-10-6-8-18-9-7-10/h10,12H,5-9H2,1-4H3,(H,15,17). The van der Waals surface area contributed by atoms with Crippen molar-refractivity contribution >= 4 is 11.9 Å². The first-order valence-electron chi connectivity index (χ1n) is 6.92. The first-order chi connectivity index (χ1) is 8.84. The van der Waals surface area contributed by atoms with E-state index in [2.05, 4.69) is 5.32 Å². The Labute approximate surface area is 115 Å². The average molecular weight is 271 g/mol. The molecule has 1 amide bonds. The summed E-state index contributed by atoms with van der Waals surface area (Å²) in [6, 6.07) is -0.509. The van der Waals surface area contributed by atoms with E-state index in [1.54, 1.807) is 6.92 Å². The smallest absolute Gasteiger partial charge is 0.408 e. The van der Waals surface area contributed by atoms with Gasteiger partial charge in [-0.15, -0.1) is 0 Å². The van der Waals surface area contributed by atoms with Crippen LogP contribution < -0.4 is 5.32 Å². The molecule has 110 valence electrons. The lowest BCUT2D eigenvalue weighted by Gasteiger charge is -2.31. The van der Waals surface area contributed by atoms with E-state index >= 15 is 0 Å². The summed E-state index contributed by atoms with van der Waals surface area (Å²) in [4.78, 5) is 23.8. The molecule has 1 atom stereocenters. The second-order valence-corrected chi connectivity index (χ2v) is 5.98. The first kappa shape index (κ1) is 16.0. The molecule has 0 radical (unpaired) electrons. The Morgan fingerprint density at radius 1 is 1.32 bits per heavy atom. The number of nitrogens with one attached hydrogen (secondary N) is 1. The number of ketones is 1. The number of carbonyl (C=O) groups excluding carboxylic acids is 2. The van der Waals surface area contributed by atoms with Crippen molar-refractivity contribution in [3.8, 4) is 0 Å². The minimum atomic E-state index is -0.509. The van der Waals surface area contributed by atoms with Gasteiger partial charge in [-0.1, -0.05) is 27.7 Å². The van der Waals surface area contributed by atoms with Gasteiger partial charge < -0.3 is 14.8 Å². The van der Waals surface area contributed by atoms with Crippen LogP contribution in [-0.2, 0) is 14.3 Å². The topological polar surface area (TPSA) is 64.6 Å². The normalized spacial score (nSPS) is 18.7. The molecule has 1 fully saturated rings. The lowest BCUT2D eigenvalue weighted by molar-refractivity contribution is -0.123. The summed E-state index contributed by atoms with van der Waals surface area (Å²) in [7, 11) is 0. The summed E-state index contributed by atoms with van der Waals surface area (Å²) < 4.78 is 10.5. The first-order valence-corrected chi connectivity index (χ1v) is 6.92. The monoisotopic (exact) mass is 271 g/mol. The van der Waals surface area contributed by atoms with Crippen molar-refractivity contribution in [2.24, 2.45) is 5.41 Å². The van der Waals surface area contributed by atoms with Gasteiger partial charge in [0.25, 0.3) is 0 Å². The largest absolute Gasteiger partial charge is 0.446 e. The molecule has 19 heavy (non-hydrogen) atoms. The minimum Gasteiger partial charge on any atom is -0.446 e. The van der Waals surface area contributed by atoms with Crippen molar-refractivity contribution in [2.75, 3.05) is 13.2 Å². The lowest BCUT2D eigenvalue weighted by atomic mass is 9.83. The molecule has 1 heterocycles. The molecule has 1 aliphatic heterocycles. The number of amides is 1. The van der Waals surface area contributed by atoms with Crippen LogP contribution in [0.5, 0.6) is 0 Å². The molecule has 0 saturated carbocycles. The maximum Gasteiger partial charge on any atom is 0.408 e. The van der Waals surface area contributed by atoms with Crippen molar-refractivity contribution in [1.29, 1.82) is 0 Å². The molecule has 0 aromatic heterocycles. The molecular formula is C14H25NO4.